The van der Waals surface area contributed by atoms with Gasteiger partial charge >= 0.3 is 6.03 Å². The largest absolute Gasteiger partial charge is 0.449 e. The van der Waals surface area contributed by atoms with Gasteiger partial charge in [-0.15, -0.1) is 0 Å². The summed E-state index contributed by atoms with van der Waals surface area (Å²) in [6.07, 6.45) is 1.29. The molecule has 128 valence electrons. The highest BCUT2D eigenvalue weighted by atomic mass is 79.9. The van der Waals surface area contributed by atoms with Gasteiger partial charge in [-0.25, -0.2) is 9.69 Å². The van der Waals surface area contributed by atoms with Crippen molar-refractivity contribution in [2.24, 2.45) is 0 Å². The van der Waals surface area contributed by atoms with Crippen LogP contribution in [-0.4, -0.2) is 17.8 Å². The highest BCUT2D eigenvalue weighted by Crippen LogP contribution is 2.30. The normalized spacial score (nSPS) is 16.6. The summed E-state index contributed by atoms with van der Waals surface area (Å²) < 4.78 is 7.26. The average molecular weight is 533 g/mol. The van der Waals surface area contributed by atoms with Gasteiger partial charge in [-0.3, -0.25) is 14.9 Å². The van der Waals surface area contributed by atoms with E-state index in [1.54, 1.807) is 31.2 Å². The van der Waals surface area contributed by atoms with Gasteiger partial charge in [0, 0.05) is 4.47 Å². The molecule has 6 nitrogen and oxygen atoms in total. The zero-order valence-electron chi connectivity index (χ0n) is 12.6. The molecule has 0 spiro atoms. The molecular weight excluding hydrogens is 524 g/mol. The first-order chi connectivity index (χ1) is 11.8. The number of urea groups is 1. The second kappa shape index (κ2) is 6.89. The highest BCUT2D eigenvalue weighted by Gasteiger charge is 2.37. The monoisotopic (exact) mass is 530 g/mol. The van der Waals surface area contributed by atoms with Gasteiger partial charge in [0.25, 0.3) is 11.8 Å². The van der Waals surface area contributed by atoms with E-state index in [0.29, 0.717) is 26.2 Å². The third-order valence-corrected chi connectivity index (χ3v) is 5.66. The average Bonchev–Trinajstić information content (AvgIpc) is 2.84. The molecule has 2 heterocycles. The van der Waals surface area contributed by atoms with Crippen LogP contribution in [0.2, 0.25) is 0 Å². The van der Waals surface area contributed by atoms with Crippen LogP contribution in [0.4, 0.5) is 10.5 Å². The van der Waals surface area contributed by atoms with Crippen molar-refractivity contribution in [1.29, 1.82) is 0 Å². The van der Waals surface area contributed by atoms with E-state index in [1.165, 1.54) is 6.08 Å². The molecule has 1 aliphatic heterocycles. The number of hydrogen-bond acceptors (Lipinski definition) is 4. The number of carbonyl (C=O) groups excluding carboxylic acids is 3. The summed E-state index contributed by atoms with van der Waals surface area (Å²) >= 11 is 9.78. The molecule has 2 aromatic rings. The van der Waals surface area contributed by atoms with Crippen molar-refractivity contribution in [2.75, 3.05) is 4.90 Å². The lowest BCUT2D eigenvalue weighted by Crippen LogP contribution is -2.54. The molecule has 0 radical (unpaired) electrons. The third-order valence-electron chi connectivity index (χ3n) is 3.45. The number of hydrogen-bond donors (Lipinski definition) is 1. The first kappa shape index (κ1) is 18.1. The minimum Gasteiger partial charge on any atom is -0.449 e. The van der Waals surface area contributed by atoms with Gasteiger partial charge in [0.15, 0.2) is 4.67 Å². The first-order valence-electron chi connectivity index (χ1n) is 6.90. The van der Waals surface area contributed by atoms with Crippen molar-refractivity contribution >= 4 is 77.4 Å². The van der Waals surface area contributed by atoms with Crippen LogP contribution in [0.25, 0.3) is 6.08 Å². The van der Waals surface area contributed by atoms with Crippen LogP contribution in [0.1, 0.15) is 11.3 Å². The van der Waals surface area contributed by atoms with E-state index in [-0.39, 0.29) is 5.57 Å². The van der Waals surface area contributed by atoms with Crippen LogP contribution in [0.5, 0.6) is 0 Å². The number of carbonyl (C=O) groups is 3. The Morgan fingerprint density at radius 1 is 1.12 bits per heavy atom. The molecule has 1 aliphatic rings. The minimum absolute atomic E-state index is 0.198. The van der Waals surface area contributed by atoms with Crippen molar-refractivity contribution in [3.05, 3.63) is 54.8 Å². The molecule has 1 aromatic carbocycles. The predicted octanol–water partition coefficient (Wildman–Crippen LogP) is 4.54. The van der Waals surface area contributed by atoms with Gasteiger partial charge < -0.3 is 4.42 Å². The molecule has 0 unspecified atom stereocenters. The van der Waals surface area contributed by atoms with E-state index in [4.69, 9.17) is 4.42 Å². The zero-order chi connectivity index (χ0) is 18.3. The Labute approximate surface area is 167 Å². The van der Waals surface area contributed by atoms with Crippen LogP contribution >= 0.6 is 47.8 Å². The highest BCUT2D eigenvalue weighted by molar-refractivity contribution is 9.13. The van der Waals surface area contributed by atoms with E-state index in [9.17, 15) is 14.4 Å². The van der Waals surface area contributed by atoms with E-state index >= 15 is 0 Å². The number of benzene rings is 1. The van der Waals surface area contributed by atoms with E-state index in [0.717, 1.165) is 9.37 Å². The number of nitrogens with zero attached hydrogens (tertiary/aromatic N) is 1. The lowest BCUT2D eigenvalue weighted by atomic mass is 10.1. The zero-order valence-corrected chi connectivity index (χ0v) is 17.4. The summed E-state index contributed by atoms with van der Waals surface area (Å²) in [7, 11) is 0. The fourth-order valence-electron chi connectivity index (χ4n) is 2.32. The van der Waals surface area contributed by atoms with E-state index in [1.807, 2.05) is 0 Å². The molecule has 0 atom stereocenters. The molecule has 4 amide bonds. The second-order valence-electron chi connectivity index (χ2n) is 5.16. The topological polar surface area (TPSA) is 79.6 Å². The van der Waals surface area contributed by atoms with Gasteiger partial charge in [0.1, 0.15) is 11.3 Å². The lowest BCUT2D eigenvalue weighted by molar-refractivity contribution is -0.122. The fraction of sp³-hybridized carbons (Fsp3) is 0.0625. The molecule has 0 saturated carbocycles. The summed E-state index contributed by atoms with van der Waals surface area (Å²) in [4.78, 5) is 38.0. The maximum atomic E-state index is 12.8. The van der Waals surface area contributed by atoms with Crippen molar-refractivity contribution in [2.45, 2.75) is 6.92 Å². The molecule has 9 heteroatoms. The Hall–Kier alpha value is -1.71. The maximum absolute atomic E-state index is 12.8. The second-order valence-corrected chi connectivity index (χ2v) is 7.65. The van der Waals surface area contributed by atoms with Gasteiger partial charge in [-0.2, -0.15) is 0 Å². The summed E-state index contributed by atoms with van der Waals surface area (Å²) in [6, 6.07) is 5.92. The summed E-state index contributed by atoms with van der Waals surface area (Å²) in [5.74, 6) is -1.20. The summed E-state index contributed by atoms with van der Waals surface area (Å²) in [5, 5.41) is 2.17. The quantitative estimate of drug-likeness (QED) is 0.455. The predicted molar refractivity (Wildman–Crippen MR) is 102 cm³/mol. The first-order valence-corrected chi connectivity index (χ1v) is 9.28. The molecule has 0 bridgehead atoms. The smallest absolute Gasteiger partial charge is 0.335 e. The molecule has 25 heavy (non-hydrogen) atoms. The summed E-state index contributed by atoms with van der Waals surface area (Å²) in [6.45, 7) is 1.77. The Balaban J connectivity index is 2.05. The van der Waals surface area contributed by atoms with Crippen LogP contribution in [0, 0.1) is 6.92 Å². The Kier molecular flexibility index (Phi) is 4.99. The van der Waals surface area contributed by atoms with Crippen molar-refractivity contribution in [1.82, 2.24) is 5.32 Å². The minimum atomic E-state index is -0.792. The van der Waals surface area contributed by atoms with E-state index < -0.39 is 17.8 Å². The number of amides is 4. The lowest BCUT2D eigenvalue weighted by Gasteiger charge is -2.27. The van der Waals surface area contributed by atoms with Crippen LogP contribution in [0.15, 0.2) is 47.9 Å². The Morgan fingerprint density at radius 3 is 2.44 bits per heavy atom. The number of anilines is 1. The van der Waals surface area contributed by atoms with Gasteiger partial charge in [0.2, 0.25) is 0 Å². The number of rotatable bonds is 2. The molecule has 3 rings (SSSR count). The number of furan rings is 1. The molecule has 1 fully saturated rings. The summed E-state index contributed by atoms with van der Waals surface area (Å²) in [5.41, 5.74) is 0.900. The van der Waals surface area contributed by atoms with Gasteiger partial charge in [-0.05, 0) is 74.7 Å². The van der Waals surface area contributed by atoms with Crippen LogP contribution in [0.3, 0.4) is 0 Å². The Morgan fingerprint density at radius 2 is 1.84 bits per heavy atom. The number of aryl methyl sites for hydroxylation is 1. The standard InChI is InChI=1S/C16H9Br3N2O4/c1-7-4-8(17)2-3-12(7)21-15(23)10(14(22)20-16(21)24)5-9-6-11(18)13(19)25-9/h2-6H,1H3,(H,20,22,24)/b10-5+. The molecule has 1 N–H and O–H groups in total. The molecular formula is C16H9Br3N2O4. The molecule has 0 aliphatic carbocycles. The van der Waals surface area contributed by atoms with Crippen molar-refractivity contribution in [3.63, 3.8) is 0 Å². The van der Waals surface area contributed by atoms with Crippen molar-refractivity contribution in [3.8, 4) is 0 Å². The number of halogens is 3. The maximum Gasteiger partial charge on any atom is 0.335 e. The number of nitrogens with one attached hydrogen (secondary N) is 1. The van der Waals surface area contributed by atoms with E-state index in [2.05, 4.69) is 53.1 Å². The van der Waals surface area contributed by atoms with Gasteiger partial charge in [-0.1, -0.05) is 15.9 Å². The van der Waals surface area contributed by atoms with Crippen LogP contribution < -0.4 is 10.2 Å². The van der Waals surface area contributed by atoms with Crippen LogP contribution in [-0.2, 0) is 9.59 Å². The third kappa shape index (κ3) is 3.49. The Bertz CT molecular complexity index is 929. The number of barbiturate groups is 1. The number of imide groups is 2. The van der Waals surface area contributed by atoms with Gasteiger partial charge in [0.05, 0.1) is 10.2 Å². The van der Waals surface area contributed by atoms with Crippen molar-refractivity contribution < 1.29 is 18.8 Å². The SMILES string of the molecule is Cc1cc(Br)ccc1N1C(=O)NC(=O)/C(=C\c2cc(Br)c(Br)o2)C1=O. The molecule has 1 saturated heterocycles. The molecule has 1 aromatic heterocycles. The fourth-order valence-corrected chi connectivity index (χ4v) is 3.41.